The molecule has 3 nitrogen and oxygen atoms in total. The van der Waals surface area contributed by atoms with Crippen molar-refractivity contribution < 1.29 is 8.42 Å². The number of para-hydroxylation sites is 1. The summed E-state index contributed by atoms with van der Waals surface area (Å²) >= 11 is 3.57. The van der Waals surface area contributed by atoms with Gasteiger partial charge in [0.25, 0.3) is 10.0 Å². The Morgan fingerprint density at radius 2 is 1.76 bits per heavy atom. The van der Waals surface area contributed by atoms with E-state index in [4.69, 9.17) is 0 Å². The largest absolute Gasteiger partial charge is 0.265 e. The van der Waals surface area contributed by atoms with Crippen LogP contribution in [0.3, 0.4) is 0 Å². The van der Waals surface area contributed by atoms with Crippen LogP contribution in [0.15, 0.2) is 53.4 Å². The van der Waals surface area contributed by atoms with Gasteiger partial charge in [-0.3, -0.25) is 4.31 Å². The summed E-state index contributed by atoms with van der Waals surface area (Å²) in [5.41, 5.74) is 2.89. The van der Waals surface area contributed by atoms with Gasteiger partial charge in [-0.1, -0.05) is 51.8 Å². The molecule has 2 aromatic rings. The van der Waals surface area contributed by atoms with Gasteiger partial charge in [0.05, 0.1) is 10.6 Å². The quantitative estimate of drug-likeness (QED) is 0.763. The molecule has 0 spiro atoms. The number of nitrogens with zero attached hydrogens (tertiary/aromatic N) is 1. The maximum absolute atomic E-state index is 12.9. The Kier molecular flexibility index (Phi) is 3.80. The molecule has 5 heteroatoms. The maximum Gasteiger partial charge on any atom is 0.264 e. The number of aryl methyl sites for hydroxylation is 1. The third-order valence-corrected chi connectivity index (χ3v) is 6.08. The summed E-state index contributed by atoms with van der Waals surface area (Å²) in [6, 6.07) is 14.7. The van der Waals surface area contributed by atoms with Crippen LogP contribution in [0.1, 0.15) is 11.1 Å². The predicted octanol–water partition coefficient (Wildman–Crippen LogP) is 3.51. The minimum Gasteiger partial charge on any atom is -0.265 e. The van der Waals surface area contributed by atoms with Gasteiger partial charge in [0.15, 0.2) is 0 Å². The molecule has 21 heavy (non-hydrogen) atoms. The lowest BCUT2D eigenvalue weighted by molar-refractivity contribution is 0.587. The monoisotopic (exact) mass is 365 g/mol. The van der Waals surface area contributed by atoms with E-state index < -0.39 is 10.0 Å². The van der Waals surface area contributed by atoms with Crippen molar-refractivity contribution in [3.8, 4) is 0 Å². The Morgan fingerprint density at radius 3 is 2.48 bits per heavy atom. The fourth-order valence-corrected chi connectivity index (χ4v) is 4.95. The van der Waals surface area contributed by atoms with Crippen LogP contribution in [0, 0.1) is 6.92 Å². The van der Waals surface area contributed by atoms with Crippen LogP contribution >= 0.6 is 15.9 Å². The van der Waals surface area contributed by atoms with Crippen molar-refractivity contribution in [2.45, 2.75) is 23.1 Å². The second kappa shape index (κ2) is 5.46. The van der Waals surface area contributed by atoms with E-state index in [9.17, 15) is 8.42 Å². The number of benzene rings is 2. The molecule has 0 saturated heterocycles. The number of rotatable bonds is 2. The number of sulfonamides is 1. The smallest absolute Gasteiger partial charge is 0.264 e. The Morgan fingerprint density at radius 1 is 1.10 bits per heavy atom. The fraction of sp³-hybridized carbons (Fsp3) is 0.250. The van der Waals surface area contributed by atoms with E-state index in [1.54, 1.807) is 12.1 Å². The van der Waals surface area contributed by atoms with E-state index in [2.05, 4.69) is 15.9 Å². The van der Waals surface area contributed by atoms with Crippen molar-refractivity contribution in [1.29, 1.82) is 0 Å². The van der Waals surface area contributed by atoms with Gasteiger partial charge in [0, 0.05) is 11.4 Å². The molecule has 1 atom stereocenters. The van der Waals surface area contributed by atoms with Crippen molar-refractivity contribution in [3.05, 3.63) is 59.7 Å². The Balaban J connectivity index is 2.09. The van der Waals surface area contributed by atoms with Gasteiger partial charge in [-0.15, -0.1) is 0 Å². The van der Waals surface area contributed by atoms with E-state index >= 15 is 0 Å². The average molecular weight is 366 g/mol. The molecule has 0 N–H and O–H groups in total. The number of halogens is 1. The Labute approximate surface area is 133 Å². The summed E-state index contributed by atoms with van der Waals surface area (Å²) in [5.74, 6) is 0. The van der Waals surface area contributed by atoms with Crippen molar-refractivity contribution in [2.75, 3.05) is 10.8 Å². The molecular weight excluding hydrogens is 350 g/mol. The van der Waals surface area contributed by atoms with Crippen molar-refractivity contribution in [2.24, 2.45) is 0 Å². The van der Waals surface area contributed by atoms with E-state index in [-0.39, 0.29) is 4.83 Å². The fourth-order valence-electron chi connectivity index (χ4n) is 2.57. The van der Waals surface area contributed by atoms with Gasteiger partial charge in [-0.05, 0) is 37.1 Å². The Hall–Kier alpha value is -1.33. The van der Waals surface area contributed by atoms with Crippen LogP contribution in [0.25, 0.3) is 0 Å². The topological polar surface area (TPSA) is 37.4 Å². The lowest BCUT2D eigenvalue weighted by atomic mass is 10.0. The van der Waals surface area contributed by atoms with Gasteiger partial charge >= 0.3 is 0 Å². The third kappa shape index (κ3) is 2.72. The first-order valence-corrected chi connectivity index (χ1v) is 9.15. The summed E-state index contributed by atoms with van der Waals surface area (Å²) in [7, 11) is -3.52. The molecule has 0 amide bonds. The van der Waals surface area contributed by atoms with Crippen LogP contribution in [-0.2, 0) is 16.4 Å². The first-order valence-electron chi connectivity index (χ1n) is 6.80. The molecule has 3 rings (SSSR count). The van der Waals surface area contributed by atoms with E-state index in [1.807, 2.05) is 43.3 Å². The summed E-state index contributed by atoms with van der Waals surface area (Å²) in [6.45, 7) is 2.40. The zero-order valence-corrected chi connectivity index (χ0v) is 14.1. The van der Waals surface area contributed by atoms with Crippen molar-refractivity contribution >= 4 is 31.6 Å². The molecule has 0 saturated carbocycles. The Bertz CT molecular complexity index is 756. The zero-order chi connectivity index (χ0) is 15.0. The van der Waals surface area contributed by atoms with E-state index in [0.717, 1.165) is 23.2 Å². The molecule has 110 valence electrons. The van der Waals surface area contributed by atoms with Crippen molar-refractivity contribution in [3.63, 3.8) is 0 Å². The maximum atomic E-state index is 12.9. The van der Waals surface area contributed by atoms with Crippen molar-refractivity contribution in [1.82, 2.24) is 0 Å². The number of alkyl halides is 1. The van der Waals surface area contributed by atoms with Gasteiger partial charge in [-0.2, -0.15) is 0 Å². The number of anilines is 1. The molecule has 0 aliphatic carbocycles. The number of hydrogen-bond acceptors (Lipinski definition) is 2. The highest BCUT2D eigenvalue weighted by molar-refractivity contribution is 9.09. The molecular formula is C16H16BrNO2S. The van der Waals surface area contributed by atoms with Gasteiger partial charge in [0.2, 0.25) is 0 Å². The lowest BCUT2D eigenvalue weighted by Crippen LogP contribution is -2.40. The summed E-state index contributed by atoms with van der Waals surface area (Å²) in [6.07, 6.45) is 0.843. The van der Waals surface area contributed by atoms with Crippen LogP contribution in [0.5, 0.6) is 0 Å². The van der Waals surface area contributed by atoms with Crippen LogP contribution in [0.2, 0.25) is 0 Å². The first kappa shape index (κ1) is 14.6. The third-order valence-electron chi connectivity index (χ3n) is 3.67. The summed E-state index contributed by atoms with van der Waals surface area (Å²) in [4.78, 5) is 0.470. The highest BCUT2D eigenvalue weighted by atomic mass is 79.9. The average Bonchev–Trinajstić information content (AvgIpc) is 2.46. The predicted molar refractivity (Wildman–Crippen MR) is 88.6 cm³/mol. The second-order valence-corrected chi connectivity index (χ2v) is 8.44. The second-order valence-electron chi connectivity index (χ2n) is 5.28. The molecule has 1 aliphatic heterocycles. The molecule has 0 radical (unpaired) electrons. The molecule has 1 unspecified atom stereocenters. The molecule has 1 aliphatic rings. The normalized spacial score (nSPS) is 18.4. The standard InChI is InChI=1S/C16H16BrNO2S/c1-12-6-8-15(9-7-12)21(19,20)18-11-14(17)10-13-4-2-3-5-16(13)18/h2-9,14H,10-11H2,1H3. The van der Waals surface area contributed by atoms with E-state index in [0.29, 0.717) is 11.4 Å². The molecule has 1 heterocycles. The summed E-state index contributed by atoms with van der Waals surface area (Å²) < 4.78 is 27.3. The minimum atomic E-state index is -3.52. The molecule has 0 aromatic heterocycles. The zero-order valence-electron chi connectivity index (χ0n) is 11.7. The van der Waals surface area contributed by atoms with Gasteiger partial charge < -0.3 is 0 Å². The van der Waals surface area contributed by atoms with Crippen LogP contribution in [-0.4, -0.2) is 19.8 Å². The molecule has 0 bridgehead atoms. The molecule has 2 aromatic carbocycles. The van der Waals surface area contributed by atoms with Gasteiger partial charge in [0.1, 0.15) is 0 Å². The number of fused-ring (bicyclic) bond motifs is 1. The lowest BCUT2D eigenvalue weighted by Gasteiger charge is -2.33. The van der Waals surface area contributed by atoms with E-state index in [1.165, 1.54) is 4.31 Å². The highest BCUT2D eigenvalue weighted by Gasteiger charge is 2.32. The minimum absolute atomic E-state index is 0.132. The van der Waals surface area contributed by atoms with Gasteiger partial charge in [-0.25, -0.2) is 8.42 Å². The first-order chi connectivity index (χ1) is 9.98. The van der Waals surface area contributed by atoms with Crippen LogP contribution < -0.4 is 4.31 Å². The van der Waals surface area contributed by atoms with Crippen LogP contribution in [0.4, 0.5) is 5.69 Å². The highest BCUT2D eigenvalue weighted by Crippen LogP contribution is 2.33. The SMILES string of the molecule is Cc1ccc(S(=O)(=O)N2CC(Br)Cc3ccccc32)cc1. The molecule has 0 fully saturated rings. The number of hydrogen-bond donors (Lipinski definition) is 0. The summed E-state index contributed by atoms with van der Waals surface area (Å²) in [5, 5.41) is 0.